The number of ether oxygens (including phenoxy) is 7. The van der Waals surface area contributed by atoms with Crippen LogP contribution in [0.5, 0.6) is 0 Å². The van der Waals surface area contributed by atoms with Crippen LogP contribution in [0.2, 0.25) is 0 Å². The molecule has 8 heteroatoms. The molecule has 136 valence electrons. The molecule has 0 spiro atoms. The van der Waals surface area contributed by atoms with Gasteiger partial charge in [0.1, 0.15) is 24.4 Å². The third-order valence-corrected chi connectivity index (χ3v) is 3.61. The quantitative estimate of drug-likeness (QED) is 0.418. The van der Waals surface area contributed by atoms with Crippen molar-refractivity contribution in [2.24, 2.45) is 0 Å². The number of esters is 1. The lowest BCUT2D eigenvalue weighted by Gasteiger charge is -2.44. The van der Waals surface area contributed by atoms with E-state index in [2.05, 4.69) is 0 Å². The molecule has 0 aliphatic carbocycles. The molecule has 1 aliphatic rings. The maximum atomic E-state index is 10.7. The molecule has 5 atom stereocenters. The van der Waals surface area contributed by atoms with E-state index in [1.54, 1.807) is 28.4 Å². The van der Waals surface area contributed by atoms with Crippen LogP contribution in [0.1, 0.15) is 13.3 Å². The van der Waals surface area contributed by atoms with E-state index >= 15 is 0 Å². The van der Waals surface area contributed by atoms with Crippen LogP contribution in [-0.2, 0) is 38.0 Å². The zero-order valence-corrected chi connectivity index (χ0v) is 14.5. The smallest absolute Gasteiger partial charge is 0.302 e. The molecule has 0 radical (unpaired) electrons. The van der Waals surface area contributed by atoms with Gasteiger partial charge in [-0.15, -0.1) is 0 Å². The van der Waals surface area contributed by atoms with Crippen molar-refractivity contribution in [3.05, 3.63) is 0 Å². The van der Waals surface area contributed by atoms with Crippen molar-refractivity contribution in [1.82, 2.24) is 0 Å². The Morgan fingerprint density at radius 2 is 1.61 bits per heavy atom. The van der Waals surface area contributed by atoms with E-state index in [0.717, 1.165) is 0 Å². The maximum Gasteiger partial charge on any atom is 0.302 e. The average Bonchev–Trinajstić information content (AvgIpc) is 2.53. The van der Waals surface area contributed by atoms with Crippen molar-refractivity contribution < 1.29 is 38.0 Å². The largest absolute Gasteiger partial charge is 0.466 e. The van der Waals surface area contributed by atoms with Crippen molar-refractivity contribution in [3.8, 4) is 0 Å². The van der Waals surface area contributed by atoms with Crippen LogP contribution in [0.4, 0.5) is 0 Å². The zero-order valence-electron chi connectivity index (χ0n) is 14.5. The summed E-state index contributed by atoms with van der Waals surface area (Å²) < 4.78 is 38.2. The monoisotopic (exact) mass is 336 g/mol. The van der Waals surface area contributed by atoms with E-state index in [0.29, 0.717) is 26.2 Å². The zero-order chi connectivity index (χ0) is 17.2. The average molecular weight is 336 g/mol. The van der Waals surface area contributed by atoms with Crippen LogP contribution >= 0.6 is 0 Å². The van der Waals surface area contributed by atoms with Gasteiger partial charge in [-0.25, -0.2) is 0 Å². The standard InChI is InChI=1S/C15H28O8/c1-10(16)21-7-6-8-22-15-14(20-5)13(19-4)12(18-3)11(23-15)9-17-2/h11-15H,6-9H2,1-5H3/t11-,12+,13-,14-,15-/m0/s1. The van der Waals surface area contributed by atoms with Crippen LogP contribution in [0.15, 0.2) is 0 Å². The molecule has 0 N–H and O–H groups in total. The second kappa shape index (κ2) is 10.9. The highest BCUT2D eigenvalue weighted by atomic mass is 16.7. The third-order valence-electron chi connectivity index (χ3n) is 3.61. The minimum atomic E-state index is -0.617. The molecule has 1 fully saturated rings. The minimum Gasteiger partial charge on any atom is -0.466 e. The number of rotatable bonds is 10. The molecule has 0 bridgehead atoms. The molecule has 1 heterocycles. The highest BCUT2D eigenvalue weighted by Gasteiger charge is 2.47. The van der Waals surface area contributed by atoms with Gasteiger partial charge in [-0.3, -0.25) is 4.79 Å². The molecule has 8 nitrogen and oxygen atoms in total. The van der Waals surface area contributed by atoms with E-state index in [9.17, 15) is 4.79 Å². The summed E-state index contributed by atoms with van der Waals surface area (Å²) in [4.78, 5) is 10.7. The van der Waals surface area contributed by atoms with Crippen LogP contribution in [-0.4, -0.2) is 84.9 Å². The second-order valence-corrected chi connectivity index (χ2v) is 5.16. The fourth-order valence-electron chi connectivity index (χ4n) is 2.59. The molecule has 23 heavy (non-hydrogen) atoms. The van der Waals surface area contributed by atoms with E-state index in [-0.39, 0.29) is 24.3 Å². The number of hydrogen-bond acceptors (Lipinski definition) is 8. The van der Waals surface area contributed by atoms with Crippen molar-refractivity contribution in [1.29, 1.82) is 0 Å². The third kappa shape index (κ3) is 5.98. The maximum absolute atomic E-state index is 10.7. The Balaban J connectivity index is 2.62. The summed E-state index contributed by atoms with van der Waals surface area (Å²) in [7, 11) is 6.35. The Hall–Kier alpha value is -0.770. The number of carbonyl (C=O) groups is 1. The summed E-state index contributed by atoms with van der Waals surface area (Å²) >= 11 is 0. The fourth-order valence-corrected chi connectivity index (χ4v) is 2.59. The van der Waals surface area contributed by atoms with E-state index < -0.39 is 12.4 Å². The van der Waals surface area contributed by atoms with Crippen LogP contribution in [0.3, 0.4) is 0 Å². The first-order valence-electron chi connectivity index (χ1n) is 7.56. The molecule has 0 unspecified atom stereocenters. The lowest BCUT2D eigenvalue weighted by molar-refractivity contribution is -0.313. The molecular formula is C15H28O8. The van der Waals surface area contributed by atoms with Gasteiger partial charge in [0, 0.05) is 41.8 Å². The number of methoxy groups -OCH3 is 4. The Morgan fingerprint density at radius 3 is 2.13 bits per heavy atom. The lowest BCUT2D eigenvalue weighted by atomic mass is 9.98. The summed E-state index contributed by atoms with van der Waals surface area (Å²) in [5.74, 6) is -0.309. The van der Waals surface area contributed by atoms with Crippen molar-refractivity contribution >= 4 is 5.97 Å². The van der Waals surface area contributed by atoms with Gasteiger partial charge in [-0.2, -0.15) is 0 Å². The Kier molecular flexibility index (Phi) is 9.61. The summed E-state index contributed by atoms with van der Waals surface area (Å²) in [6, 6.07) is 0. The van der Waals surface area contributed by atoms with Gasteiger partial charge in [0.25, 0.3) is 0 Å². The summed E-state index contributed by atoms with van der Waals surface area (Å²) in [5, 5.41) is 0. The van der Waals surface area contributed by atoms with Crippen molar-refractivity contribution in [2.75, 3.05) is 48.3 Å². The topological polar surface area (TPSA) is 81.7 Å². The summed E-state index contributed by atoms with van der Waals surface area (Å²) in [6.45, 7) is 2.39. The molecule has 0 amide bonds. The van der Waals surface area contributed by atoms with Gasteiger partial charge in [0.15, 0.2) is 6.29 Å². The Labute approximate surface area is 137 Å². The normalized spacial score (nSPS) is 31.1. The van der Waals surface area contributed by atoms with Crippen LogP contribution in [0, 0.1) is 0 Å². The fraction of sp³-hybridized carbons (Fsp3) is 0.933. The van der Waals surface area contributed by atoms with Crippen LogP contribution in [0.25, 0.3) is 0 Å². The van der Waals surface area contributed by atoms with Gasteiger partial charge in [-0.05, 0) is 0 Å². The molecule has 1 saturated heterocycles. The molecule has 0 aromatic rings. The summed E-state index contributed by atoms with van der Waals surface area (Å²) in [5.41, 5.74) is 0. The molecule has 0 aromatic heterocycles. The van der Waals surface area contributed by atoms with Gasteiger partial charge in [0.2, 0.25) is 0 Å². The Morgan fingerprint density at radius 1 is 0.957 bits per heavy atom. The van der Waals surface area contributed by atoms with Gasteiger partial charge >= 0.3 is 5.97 Å². The molecule has 1 rings (SSSR count). The van der Waals surface area contributed by atoms with E-state index in [1.807, 2.05) is 0 Å². The highest BCUT2D eigenvalue weighted by Crippen LogP contribution is 2.28. The predicted molar refractivity (Wildman–Crippen MR) is 80.1 cm³/mol. The number of hydrogen-bond donors (Lipinski definition) is 0. The SMILES string of the molecule is COC[C@@H]1O[C@H](OCCCOC(C)=O)[C@@H](OC)[C@@H](OC)[C@@H]1OC. The van der Waals surface area contributed by atoms with Gasteiger partial charge in [-0.1, -0.05) is 0 Å². The molecule has 0 aromatic carbocycles. The highest BCUT2D eigenvalue weighted by molar-refractivity contribution is 5.65. The summed E-state index contributed by atoms with van der Waals surface area (Å²) in [6.07, 6.45) is -1.50. The molecule has 0 saturated carbocycles. The number of carbonyl (C=O) groups excluding carboxylic acids is 1. The Bertz CT molecular complexity index is 337. The van der Waals surface area contributed by atoms with Crippen molar-refractivity contribution in [3.63, 3.8) is 0 Å². The van der Waals surface area contributed by atoms with Crippen molar-refractivity contribution in [2.45, 2.75) is 44.1 Å². The molecule has 1 aliphatic heterocycles. The first-order valence-corrected chi connectivity index (χ1v) is 7.56. The lowest BCUT2D eigenvalue weighted by Crippen LogP contribution is -2.61. The van der Waals surface area contributed by atoms with Gasteiger partial charge < -0.3 is 33.2 Å². The minimum absolute atomic E-state index is 0.301. The first-order chi connectivity index (χ1) is 11.1. The van der Waals surface area contributed by atoms with Crippen LogP contribution < -0.4 is 0 Å². The van der Waals surface area contributed by atoms with Gasteiger partial charge in [0.05, 0.1) is 19.8 Å². The van der Waals surface area contributed by atoms with E-state index in [1.165, 1.54) is 6.92 Å². The second-order valence-electron chi connectivity index (χ2n) is 5.16. The van der Waals surface area contributed by atoms with E-state index in [4.69, 9.17) is 33.2 Å². The molecular weight excluding hydrogens is 308 g/mol. The predicted octanol–water partition coefficient (Wildman–Crippen LogP) is 0.373. The first kappa shape index (κ1) is 20.3.